The predicted octanol–water partition coefficient (Wildman–Crippen LogP) is 5.80. The Hall–Kier alpha value is -2.69. The number of rotatable bonds is 4. The van der Waals surface area contributed by atoms with Gasteiger partial charge in [0, 0.05) is 5.56 Å². The molecular formula is C21H15ClN2OS. The molecule has 0 atom stereocenters. The first-order valence-electron chi connectivity index (χ1n) is 8.18. The van der Waals surface area contributed by atoms with E-state index in [1.807, 2.05) is 78.9 Å². The maximum Gasteiger partial charge on any atom is 0.260 e. The van der Waals surface area contributed by atoms with Crippen LogP contribution in [-0.4, -0.2) is 10.9 Å². The second-order valence-corrected chi connectivity index (χ2v) is 7.24. The summed E-state index contributed by atoms with van der Waals surface area (Å²) in [7, 11) is 0. The molecule has 0 bridgehead atoms. The summed E-state index contributed by atoms with van der Waals surface area (Å²) in [5.41, 5.74) is 2.41. The van der Waals surface area contributed by atoms with Gasteiger partial charge in [-0.2, -0.15) is 0 Å². The van der Waals surface area contributed by atoms with Gasteiger partial charge in [-0.1, -0.05) is 77.5 Å². The third kappa shape index (κ3) is 3.34. The van der Waals surface area contributed by atoms with E-state index in [-0.39, 0.29) is 5.91 Å². The first-order chi connectivity index (χ1) is 12.7. The first-order valence-corrected chi connectivity index (χ1v) is 9.38. The molecule has 0 spiro atoms. The maximum atomic E-state index is 13.2. The number of carbonyl (C=O) groups is 1. The minimum atomic E-state index is -0.0790. The molecule has 4 rings (SSSR count). The van der Waals surface area contributed by atoms with E-state index in [1.54, 1.807) is 4.90 Å². The summed E-state index contributed by atoms with van der Waals surface area (Å²) in [6.07, 6.45) is 0. The number of hydrogen-bond acceptors (Lipinski definition) is 3. The van der Waals surface area contributed by atoms with Crippen LogP contribution in [0.1, 0.15) is 15.9 Å². The lowest BCUT2D eigenvalue weighted by molar-refractivity contribution is 0.0985. The van der Waals surface area contributed by atoms with Gasteiger partial charge in [-0.25, -0.2) is 4.98 Å². The number of halogens is 1. The van der Waals surface area contributed by atoms with Gasteiger partial charge in [-0.3, -0.25) is 9.69 Å². The van der Waals surface area contributed by atoms with E-state index in [2.05, 4.69) is 4.98 Å². The number of thiazole rings is 1. The highest BCUT2D eigenvalue weighted by molar-refractivity contribution is 7.22. The van der Waals surface area contributed by atoms with Gasteiger partial charge in [0.25, 0.3) is 5.91 Å². The van der Waals surface area contributed by atoms with Gasteiger partial charge in [-0.15, -0.1) is 0 Å². The van der Waals surface area contributed by atoms with Crippen LogP contribution in [0, 0.1) is 0 Å². The number of hydrogen-bond donors (Lipinski definition) is 0. The molecule has 5 heteroatoms. The molecule has 4 aromatic rings. The minimum Gasteiger partial charge on any atom is -0.279 e. The van der Waals surface area contributed by atoms with Crippen molar-refractivity contribution in [2.24, 2.45) is 0 Å². The van der Waals surface area contributed by atoms with Crippen LogP contribution >= 0.6 is 22.9 Å². The molecule has 1 heterocycles. The SMILES string of the molecule is O=C(c1ccccc1)N(Cc1ccccc1)c1nc2c(Cl)cccc2s1. The first kappa shape index (κ1) is 16.8. The van der Waals surface area contributed by atoms with E-state index in [0.29, 0.717) is 22.3 Å². The summed E-state index contributed by atoms with van der Waals surface area (Å²) >= 11 is 7.74. The predicted molar refractivity (Wildman–Crippen MR) is 108 cm³/mol. The lowest BCUT2D eigenvalue weighted by Crippen LogP contribution is -2.30. The summed E-state index contributed by atoms with van der Waals surface area (Å²) in [5, 5.41) is 1.24. The van der Waals surface area contributed by atoms with E-state index in [1.165, 1.54) is 11.3 Å². The van der Waals surface area contributed by atoms with Crippen LogP contribution in [0.4, 0.5) is 5.13 Å². The molecule has 0 radical (unpaired) electrons. The Morgan fingerprint density at radius 1 is 0.923 bits per heavy atom. The van der Waals surface area contributed by atoms with E-state index < -0.39 is 0 Å². The molecule has 1 amide bonds. The number of amides is 1. The second kappa shape index (κ2) is 7.28. The highest BCUT2D eigenvalue weighted by Gasteiger charge is 2.22. The monoisotopic (exact) mass is 378 g/mol. The van der Waals surface area contributed by atoms with Crippen molar-refractivity contribution in [3.8, 4) is 0 Å². The molecule has 128 valence electrons. The van der Waals surface area contributed by atoms with Crippen molar-refractivity contribution in [1.29, 1.82) is 0 Å². The molecule has 0 saturated heterocycles. The fraction of sp³-hybridized carbons (Fsp3) is 0.0476. The van der Waals surface area contributed by atoms with Crippen molar-refractivity contribution < 1.29 is 4.79 Å². The zero-order valence-electron chi connectivity index (χ0n) is 13.8. The van der Waals surface area contributed by atoms with Gasteiger partial charge in [0.15, 0.2) is 5.13 Å². The van der Waals surface area contributed by atoms with Gasteiger partial charge in [0.2, 0.25) is 0 Å². The normalized spacial score (nSPS) is 10.8. The van der Waals surface area contributed by atoms with Crippen LogP contribution in [0.3, 0.4) is 0 Å². The lowest BCUT2D eigenvalue weighted by atomic mass is 10.1. The Morgan fingerprint density at radius 3 is 2.31 bits per heavy atom. The number of aromatic nitrogens is 1. The Bertz CT molecular complexity index is 1050. The standard InChI is InChI=1S/C21H15ClN2OS/c22-17-12-7-13-18-19(17)23-21(26-18)24(14-15-8-3-1-4-9-15)20(25)16-10-5-2-6-11-16/h1-13H,14H2. The Morgan fingerprint density at radius 2 is 1.62 bits per heavy atom. The molecule has 0 aliphatic carbocycles. The number of fused-ring (bicyclic) bond motifs is 1. The number of carbonyl (C=O) groups excluding carboxylic acids is 1. The fourth-order valence-electron chi connectivity index (χ4n) is 2.75. The molecule has 3 aromatic carbocycles. The Balaban J connectivity index is 1.78. The van der Waals surface area contributed by atoms with Crippen molar-refractivity contribution in [3.05, 3.63) is 95.0 Å². The highest BCUT2D eigenvalue weighted by atomic mass is 35.5. The molecular weight excluding hydrogens is 364 g/mol. The third-order valence-electron chi connectivity index (χ3n) is 4.04. The van der Waals surface area contributed by atoms with Gasteiger partial charge >= 0.3 is 0 Å². The van der Waals surface area contributed by atoms with Crippen LogP contribution in [0.2, 0.25) is 5.02 Å². The molecule has 0 unspecified atom stereocenters. The van der Waals surface area contributed by atoms with E-state index in [9.17, 15) is 4.79 Å². The van der Waals surface area contributed by atoms with Gasteiger partial charge in [0.05, 0.1) is 16.3 Å². The third-order valence-corrected chi connectivity index (χ3v) is 5.39. The summed E-state index contributed by atoms with van der Waals surface area (Å²) < 4.78 is 0.964. The average Bonchev–Trinajstić information content (AvgIpc) is 3.12. The molecule has 0 N–H and O–H groups in total. The Labute approximate surface area is 160 Å². The van der Waals surface area contributed by atoms with E-state index >= 15 is 0 Å². The smallest absolute Gasteiger partial charge is 0.260 e. The molecule has 0 aliphatic rings. The molecule has 0 saturated carbocycles. The largest absolute Gasteiger partial charge is 0.279 e. The van der Waals surface area contributed by atoms with Crippen molar-refractivity contribution in [1.82, 2.24) is 4.98 Å². The van der Waals surface area contributed by atoms with Crippen molar-refractivity contribution in [2.45, 2.75) is 6.54 Å². The molecule has 26 heavy (non-hydrogen) atoms. The van der Waals surface area contributed by atoms with E-state index in [0.717, 1.165) is 15.8 Å². The van der Waals surface area contributed by atoms with Gasteiger partial charge in [0.1, 0.15) is 5.52 Å². The summed E-state index contributed by atoms with van der Waals surface area (Å²) in [4.78, 5) is 19.5. The second-order valence-electron chi connectivity index (χ2n) is 5.83. The van der Waals surface area contributed by atoms with Gasteiger partial charge in [-0.05, 0) is 29.8 Å². The van der Waals surface area contributed by atoms with E-state index in [4.69, 9.17) is 11.6 Å². The van der Waals surface area contributed by atoms with Crippen molar-refractivity contribution in [3.63, 3.8) is 0 Å². The minimum absolute atomic E-state index is 0.0790. The van der Waals surface area contributed by atoms with Crippen LogP contribution in [0.5, 0.6) is 0 Å². The molecule has 3 nitrogen and oxygen atoms in total. The number of benzene rings is 3. The quantitative estimate of drug-likeness (QED) is 0.449. The number of nitrogens with zero attached hydrogens (tertiary/aromatic N) is 2. The van der Waals surface area contributed by atoms with Crippen LogP contribution in [-0.2, 0) is 6.54 Å². The summed E-state index contributed by atoms with van der Waals surface area (Å²) in [5.74, 6) is -0.0790. The lowest BCUT2D eigenvalue weighted by Gasteiger charge is -2.20. The highest BCUT2D eigenvalue weighted by Crippen LogP contribution is 2.34. The molecule has 0 fully saturated rings. The van der Waals surface area contributed by atoms with Crippen molar-refractivity contribution in [2.75, 3.05) is 4.90 Å². The topological polar surface area (TPSA) is 33.2 Å². The Kier molecular flexibility index (Phi) is 4.69. The van der Waals surface area contributed by atoms with Crippen molar-refractivity contribution >= 4 is 44.2 Å². The zero-order valence-corrected chi connectivity index (χ0v) is 15.4. The molecule has 1 aromatic heterocycles. The van der Waals surface area contributed by atoms with Crippen LogP contribution in [0.25, 0.3) is 10.2 Å². The fourth-order valence-corrected chi connectivity index (χ4v) is 4.01. The maximum absolute atomic E-state index is 13.2. The van der Waals surface area contributed by atoms with Crippen LogP contribution < -0.4 is 4.90 Å². The van der Waals surface area contributed by atoms with Gasteiger partial charge < -0.3 is 0 Å². The average molecular weight is 379 g/mol. The summed E-state index contributed by atoms with van der Waals surface area (Å²) in [6.45, 7) is 0.450. The number of para-hydroxylation sites is 1. The molecule has 0 aliphatic heterocycles. The number of anilines is 1. The zero-order chi connectivity index (χ0) is 17.9. The summed E-state index contributed by atoms with van der Waals surface area (Å²) in [6, 6.07) is 24.9. The van der Waals surface area contributed by atoms with Crippen LogP contribution in [0.15, 0.2) is 78.9 Å².